The van der Waals surface area contributed by atoms with Crippen LogP contribution >= 0.6 is 0 Å². The minimum Gasteiger partial charge on any atom is -0.389 e. The first-order valence-corrected chi connectivity index (χ1v) is 9.23. The molecule has 1 spiro atoms. The summed E-state index contributed by atoms with van der Waals surface area (Å²) in [5.41, 5.74) is -1.12. The Morgan fingerprint density at radius 1 is 1.20 bits per heavy atom. The molecule has 1 N–H and O–H groups in total. The maximum absolute atomic E-state index is 13.0. The predicted octanol–water partition coefficient (Wildman–Crippen LogP) is 1.07. The number of carbonyl (C=O) groups excluding carboxylic acids is 2. The molecule has 0 bridgehead atoms. The molecule has 2 amide bonds. The maximum Gasteiger partial charge on any atom is 0.234 e. The second-order valence-electron chi connectivity index (χ2n) is 7.97. The Morgan fingerprint density at radius 2 is 1.88 bits per heavy atom. The Balaban J connectivity index is 1.38. The molecule has 136 valence electrons. The van der Waals surface area contributed by atoms with Crippen LogP contribution in [0.4, 0.5) is 5.82 Å². The van der Waals surface area contributed by atoms with E-state index in [2.05, 4.69) is 5.10 Å². The van der Waals surface area contributed by atoms with Crippen molar-refractivity contribution in [2.75, 3.05) is 24.5 Å². The van der Waals surface area contributed by atoms with Crippen LogP contribution in [0.5, 0.6) is 0 Å². The molecule has 0 aromatic carbocycles. The fourth-order valence-electron chi connectivity index (χ4n) is 4.39. The minimum atomic E-state index is -0.773. The number of rotatable bonds is 3. The zero-order valence-corrected chi connectivity index (χ0v) is 14.8. The lowest BCUT2D eigenvalue weighted by Crippen LogP contribution is -2.49. The molecule has 0 unspecified atom stereocenters. The van der Waals surface area contributed by atoms with E-state index >= 15 is 0 Å². The van der Waals surface area contributed by atoms with Crippen LogP contribution in [-0.2, 0) is 16.6 Å². The Hall–Kier alpha value is -1.89. The second kappa shape index (κ2) is 5.83. The largest absolute Gasteiger partial charge is 0.389 e. The molecular weight excluding hydrogens is 320 g/mol. The average Bonchev–Trinajstić information content (AvgIpc) is 3.12. The third-order valence-corrected chi connectivity index (χ3v) is 6.33. The Kier molecular flexibility index (Phi) is 3.86. The van der Waals surface area contributed by atoms with E-state index in [0.29, 0.717) is 32.5 Å². The standard InChI is InChI=1S/C18H26N4O3/c1-20-9-3-14(19-20)22-12-8-17(16(22)24)6-10-21(11-7-17)15(23)13-18(25)4-2-5-18/h3,9,25H,2,4-8,10-13H2,1H3. The van der Waals surface area contributed by atoms with Gasteiger partial charge in [0.2, 0.25) is 11.8 Å². The van der Waals surface area contributed by atoms with Crippen molar-refractivity contribution in [3.05, 3.63) is 12.3 Å². The van der Waals surface area contributed by atoms with Gasteiger partial charge in [0, 0.05) is 38.9 Å². The van der Waals surface area contributed by atoms with Crippen molar-refractivity contribution in [2.24, 2.45) is 12.5 Å². The molecule has 2 aliphatic heterocycles. The molecule has 1 aliphatic carbocycles. The van der Waals surface area contributed by atoms with Crippen LogP contribution in [-0.4, -0.2) is 56.8 Å². The number of hydrogen-bond donors (Lipinski definition) is 1. The monoisotopic (exact) mass is 346 g/mol. The lowest BCUT2D eigenvalue weighted by atomic mass is 9.75. The van der Waals surface area contributed by atoms with Crippen molar-refractivity contribution in [3.8, 4) is 0 Å². The lowest BCUT2D eigenvalue weighted by molar-refractivity contribution is -0.144. The summed E-state index contributed by atoms with van der Waals surface area (Å²) in [6, 6.07) is 1.87. The first-order chi connectivity index (χ1) is 11.9. The molecule has 7 heteroatoms. The highest BCUT2D eigenvalue weighted by Crippen LogP contribution is 2.43. The van der Waals surface area contributed by atoms with Crippen LogP contribution in [0, 0.1) is 5.41 Å². The van der Waals surface area contributed by atoms with Gasteiger partial charge in [-0.2, -0.15) is 5.10 Å². The summed E-state index contributed by atoms with van der Waals surface area (Å²) in [5.74, 6) is 0.898. The second-order valence-corrected chi connectivity index (χ2v) is 7.97. The first-order valence-electron chi connectivity index (χ1n) is 9.23. The number of aliphatic hydroxyl groups is 1. The van der Waals surface area contributed by atoms with Crippen LogP contribution in [0.3, 0.4) is 0 Å². The molecule has 25 heavy (non-hydrogen) atoms. The first kappa shape index (κ1) is 16.6. The van der Waals surface area contributed by atoms with Gasteiger partial charge in [0.25, 0.3) is 0 Å². The van der Waals surface area contributed by atoms with Crippen LogP contribution in [0.25, 0.3) is 0 Å². The highest BCUT2D eigenvalue weighted by atomic mass is 16.3. The SMILES string of the molecule is Cn1ccc(N2CCC3(CCN(C(=O)CC4(O)CCC4)CC3)C2=O)n1. The van der Waals surface area contributed by atoms with Gasteiger partial charge in [-0.15, -0.1) is 0 Å². The van der Waals surface area contributed by atoms with Crippen molar-refractivity contribution in [1.29, 1.82) is 0 Å². The lowest BCUT2D eigenvalue weighted by Gasteiger charge is -2.41. The molecular formula is C18H26N4O3. The van der Waals surface area contributed by atoms with Gasteiger partial charge in [-0.3, -0.25) is 19.2 Å². The fraction of sp³-hybridized carbons (Fsp3) is 0.722. The minimum absolute atomic E-state index is 0.0316. The van der Waals surface area contributed by atoms with Crippen molar-refractivity contribution >= 4 is 17.6 Å². The van der Waals surface area contributed by atoms with Gasteiger partial charge in [0.1, 0.15) is 0 Å². The highest BCUT2D eigenvalue weighted by molar-refractivity contribution is 5.99. The smallest absolute Gasteiger partial charge is 0.234 e. The predicted molar refractivity (Wildman–Crippen MR) is 91.8 cm³/mol. The molecule has 3 aliphatic rings. The van der Waals surface area contributed by atoms with Crippen LogP contribution in [0.15, 0.2) is 12.3 Å². The Morgan fingerprint density at radius 3 is 2.44 bits per heavy atom. The molecule has 0 atom stereocenters. The number of likely N-dealkylation sites (tertiary alicyclic amines) is 1. The molecule has 0 radical (unpaired) electrons. The van der Waals surface area contributed by atoms with E-state index in [4.69, 9.17) is 0 Å². The van der Waals surface area contributed by atoms with Crippen molar-refractivity contribution in [1.82, 2.24) is 14.7 Å². The Labute approximate surface area is 147 Å². The summed E-state index contributed by atoms with van der Waals surface area (Å²) in [6.07, 6.45) is 6.79. The zero-order valence-electron chi connectivity index (χ0n) is 14.8. The van der Waals surface area contributed by atoms with Crippen LogP contribution in [0.1, 0.15) is 44.9 Å². The topological polar surface area (TPSA) is 78.7 Å². The quantitative estimate of drug-likeness (QED) is 0.888. The molecule has 2 saturated heterocycles. The van der Waals surface area contributed by atoms with Crippen molar-refractivity contribution in [3.63, 3.8) is 0 Å². The van der Waals surface area contributed by atoms with Gasteiger partial charge in [-0.05, 0) is 38.5 Å². The van der Waals surface area contributed by atoms with Crippen molar-refractivity contribution in [2.45, 2.75) is 50.5 Å². The third-order valence-electron chi connectivity index (χ3n) is 6.33. The number of aromatic nitrogens is 2. The summed E-state index contributed by atoms with van der Waals surface area (Å²) in [4.78, 5) is 29.0. The zero-order chi connectivity index (χ0) is 17.7. The molecule has 3 fully saturated rings. The number of hydrogen-bond acceptors (Lipinski definition) is 4. The molecule has 7 nitrogen and oxygen atoms in total. The number of carbonyl (C=O) groups is 2. The van der Waals surface area contributed by atoms with E-state index in [0.717, 1.165) is 31.5 Å². The summed E-state index contributed by atoms with van der Waals surface area (Å²) in [5, 5.41) is 14.6. The van der Waals surface area contributed by atoms with E-state index in [1.165, 1.54) is 0 Å². The van der Waals surface area contributed by atoms with E-state index < -0.39 is 5.60 Å². The van der Waals surface area contributed by atoms with Gasteiger partial charge in [-0.1, -0.05) is 0 Å². The highest BCUT2D eigenvalue weighted by Gasteiger charge is 2.50. The number of nitrogens with zero attached hydrogens (tertiary/aromatic N) is 4. The number of anilines is 1. The van der Waals surface area contributed by atoms with Crippen LogP contribution < -0.4 is 4.90 Å². The molecule has 1 aromatic heterocycles. The Bertz CT molecular complexity index is 686. The van der Waals surface area contributed by atoms with Gasteiger partial charge >= 0.3 is 0 Å². The van der Waals surface area contributed by atoms with Gasteiger partial charge in [0.05, 0.1) is 17.4 Å². The van der Waals surface area contributed by atoms with E-state index in [-0.39, 0.29) is 23.7 Å². The van der Waals surface area contributed by atoms with E-state index in [1.807, 2.05) is 24.2 Å². The average molecular weight is 346 g/mol. The summed E-state index contributed by atoms with van der Waals surface area (Å²) in [6.45, 7) is 1.91. The molecule has 3 heterocycles. The molecule has 1 aromatic rings. The van der Waals surface area contributed by atoms with Crippen LogP contribution in [0.2, 0.25) is 0 Å². The summed E-state index contributed by atoms with van der Waals surface area (Å²) < 4.78 is 1.71. The van der Waals surface area contributed by atoms with Gasteiger partial charge in [0.15, 0.2) is 5.82 Å². The summed E-state index contributed by atoms with van der Waals surface area (Å²) in [7, 11) is 1.85. The number of piperidine rings is 1. The number of amides is 2. The van der Waals surface area contributed by atoms with Gasteiger partial charge < -0.3 is 10.0 Å². The van der Waals surface area contributed by atoms with Crippen molar-refractivity contribution < 1.29 is 14.7 Å². The molecule has 4 rings (SSSR count). The third kappa shape index (κ3) is 2.84. The maximum atomic E-state index is 13.0. The normalized spacial score (nSPS) is 24.6. The van der Waals surface area contributed by atoms with Gasteiger partial charge in [-0.25, -0.2) is 0 Å². The molecule has 1 saturated carbocycles. The fourth-order valence-corrected chi connectivity index (χ4v) is 4.39. The summed E-state index contributed by atoms with van der Waals surface area (Å²) >= 11 is 0. The number of aryl methyl sites for hydroxylation is 1. The van der Waals surface area contributed by atoms with E-state index in [9.17, 15) is 14.7 Å². The van der Waals surface area contributed by atoms with E-state index in [1.54, 1.807) is 9.58 Å².